The van der Waals surface area contributed by atoms with Crippen LogP contribution in [0.4, 0.5) is 4.39 Å². The predicted molar refractivity (Wildman–Crippen MR) is 212 cm³/mol. The Morgan fingerprint density at radius 3 is 2.44 bits per heavy atom. The standard InChI is InChI=1S/C44H45FN8O4/c1-26-19-31(9-10-32(26)22-46-42(56)40-50-43(57-51-40)44(2,3)4)39-37-21-33(24-53(37)48-25-47-39)28-7-5-27(6-8-28)23-52-17-15-29(16-18-52)34-12-11-30(20-36(34)45)35-13-14-38(54)49-41(35)55/h5-12,19-21,24-25,29,35H,13-18,22-23H2,1-4H3,(H,46,56)(H,49,54,55)/t35-/m0/s1. The van der Waals surface area contributed by atoms with Crippen molar-refractivity contribution in [3.05, 3.63) is 125 Å². The molecule has 13 heteroatoms. The van der Waals surface area contributed by atoms with E-state index in [1.54, 1.807) is 6.33 Å². The number of nitrogens with zero attached hydrogens (tertiary/aromatic N) is 6. The summed E-state index contributed by atoms with van der Waals surface area (Å²) in [7, 11) is 0. The summed E-state index contributed by atoms with van der Waals surface area (Å²) in [6, 6.07) is 21.9. The van der Waals surface area contributed by atoms with Crippen molar-refractivity contribution >= 4 is 23.2 Å². The number of nitrogens with one attached hydrogen (secondary N) is 2. The SMILES string of the molecule is Cc1cc(-c2ncnn3cc(-c4ccc(CN5CCC(c6ccc([C@@H]7CCC(=O)NC7=O)cc6F)CC5)cc4)cc23)ccc1CNC(=O)c1noc(C(C)(C)C)n1. The third-order valence-corrected chi connectivity index (χ3v) is 11.1. The van der Waals surface area contributed by atoms with E-state index in [2.05, 4.69) is 72.2 Å². The smallest absolute Gasteiger partial charge is 0.292 e. The van der Waals surface area contributed by atoms with Gasteiger partial charge in [-0.05, 0) is 96.8 Å². The molecule has 8 rings (SSSR count). The van der Waals surface area contributed by atoms with E-state index in [9.17, 15) is 14.4 Å². The van der Waals surface area contributed by atoms with Gasteiger partial charge in [-0.25, -0.2) is 13.9 Å². The first-order valence-corrected chi connectivity index (χ1v) is 19.4. The number of aromatic nitrogens is 5. The molecule has 0 unspecified atom stereocenters. The van der Waals surface area contributed by atoms with Crippen molar-refractivity contribution in [2.24, 2.45) is 0 Å². The number of carbonyl (C=O) groups excluding carboxylic acids is 3. The van der Waals surface area contributed by atoms with Gasteiger partial charge >= 0.3 is 0 Å². The minimum atomic E-state index is -0.487. The number of carbonyl (C=O) groups is 3. The number of imide groups is 1. The van der Waals surface area contributed by atoms with E-state index in [1.165, 1.54) is 11.6 Å². The molecule has 0 saturated carbocycles. The van der Waals surface area contributed by atoms with Crippen molar-refractivity contribution in [2.75, 3.05) is 13.1 Å². The van der Waals surface area contributed by atoms with Gasteiger partial charge in [-0.3, -0.25) is 24.6 Å². The number of rotatable bonds is 9. The molecule has 3 aromatic heterocycles. The lowest BCUT2D eigenvalue weighted by atomic mass is 9.85. The average molecular weight is 769 g/mol. The molecule has 3 aromatic carbocycles. The van der Waals surface area contributed by atoms with Crippen molar-refractivity contribution in [3.8, 4) is 22.4 Å². The number of likely N-dealkylation sites (tertiary alicyclic amines) is 1. The van der Waals surface area contributed by atoms with E-state index in [0.29, 0.717) is 30.0 Å². The lowest BCUT2D eigenvalue weighted by Crippen LogP contribution is -2.39. The van der Waals surface area contributed by atoms with Crippen molar-refractivity contribution < 1.29 is 23.3 Å². The fraction of sp³-hybridized carbons (Fsp3) is 0.341. The molecule has 1 atom stereocenters. The molecule has 0 bridgehead atoms. The van der Waals surface area contributed by atoms with Gasteiger partial charge in [-0.15, -0.1) is 0 Å². The first-order chi connectivity index (χ1) is 27.4. The van der Waals surface area contributed by atoms with Crippen LogP contribution in [0.15, 0.2) is 83.8 Å². The van der Waals surface area contributed by atoms with Crippen molar-refractivity contribution in [3.63, 3.8) is 0 Å². The molecular formula is C44H45FN8O4. The Morgan fingerprint density at radius 2 is 1.74 bits per heavy atom. The topological polar surface area (TPSA) is 148 Å². The Morgan fingerprint density at radius 1 is 0.965 bits per heavy atom. The Kier molecular flexibility index (Phi) is 10.3. The summed E-state index contributed by atoms with van der Waals surface area (Å²) in [5.41, 5.74) is 8.90. The molecule has 2 fully saturated rings. The summed E-state index contributed by atoms with van der Waals surface area (Å²) in [6.45, 7) is 10.7. The van der Waals surface area contributed by atoms with Crippen LogP contribution in [0.1, 0.15) is 103 Å². The number of amides is 3. The zero-order valence-corrected chi connectivity index (χ0v) is 32.5. The summed E-state index contributed by atoms with van der Waals surface area (Å²) in [6.07, 6.45) is 5.96. The summed E-state index contributed by atoms with van der Waals surface area (Å²) in [5.74, 6) is -1.23. The van der Waals surface area contributed by atoms with Gasteiger partial charge in [0, 0.05) is 42.2 Å². The molecule has 2 aliphatic rings. The first-order valence-electron chi connectivity index (χ1n) is 19.4. The summed E-state index contributed by atoms with van der Waals surface area (Å²) in [5, 5.41) is 13.6. The fourth-order valence-corrected chi connectivity index (χ4v) is 7.79. The third-order valence-electron chi connectivity index (χ3n) is 11.1. The number of piperidine rings is 2. The Hall–Kier alpha value is -6.08. The molecule has 2 saturated heterocycles. The highest BCUT2D eigenvalue weighted by atomic mass is 19.1. The molecule has 57 heavy (non-hydrogen) atoms. The highest BCUT2D eigenvalue weighted by Gasteiger charge is 2.30. The van der Waals surface area contributed by atoms with E-state index in [4.69, 9.17) is 4.52 Å². The van der Waals surface area contributed by atoms with E-state index >= 15 is 4.39 Å². The van der Waals surface area contributed by atoms with Gasteiger partial charge in [0.25, 0.3) is 11.7 Å². The number of hydrogen-bond acceptors (Lipinski definition) is 9. The Balaban J connectivity index is 0.879. The van der Waals surface area contributed by atoms with Crippen LogP contribution in [0.25, 0.3) is 27.9 Å². The number of halogens is 1. The second kappa shape index (κ2) is 15.5. The van der Waals surface area contributed by atoms with E-state index in [-0.39, 0.29) is 41.2 Å². The van der Waals surface area contributed by atoms with E-state index in [0.717, 1.165) is 71.5 Å². The van der Waals surface area contributed by atoms with Gasteiger partial charge in [0.05, 0.1) is 17.1 Å². The summed E-state index contributed by atoms with van der Waals surface area (Å²) in [4.78, 5) is 47.8. The molecule has 5 heterocycles. The van der Waals surface area contributed by atoms with Crippen LogP contribution in [0.5, 0.6) is 0 Å². The summed E-state index contributed by atoms with van der Waals surface area (Å²) < 4.78 is 22.4. The van der Waals surface area contributed by atoms with Crippen molar-refractivity contribution in [1.29, 1.82) is 0 Å². The number of fused-ring (bicyclic) bond motifs is 1. The van der Waals surface area contributed by atoms with Crippen LogP contribution in [0.2, 0.25) is 0 Å². The van der Waals surface area contributed by atoms with Crippen molar-refractivity contribution in [2.45, 2.75) is 83.7 Å². The quantitative estimate of drug-likeness (QED) is 0.148. The van der Waals surface area contributed by atoms with Crippen LogP contribution in [0.3, 0.4) is 0 Å². The first kappa shape index (κ1) is 37.8. The lowest BCUT2D eigenvalue weighted by Gasteiger charge is -2.32. The van der Waals surface area contributed by atoms with E-state index in [1.807, 2.05) is 62.7 Å². The van der Waals surface area contributed by atoms with Gasteiger partial charge in [0.15, 0.2) is 0 Å². The summed E-state index contributed by atoms with van der Waals surface area (Å²) >= 11 is 0. The zero-order valence-electron chi connectivity index (χ0n) is 32.5. The highest BCUT2D eigenvalue weighted by molar-refractivity contribution is 6.01. The average Bonchev–Trinajstić information content (AvgIpc) is 3.87. The van der Waals surface area contributed by atoms with Crippen LogP contribution in [0, 0.1) is 12.7 Å². The maximum Gasteiger partial charge on any atom is 0.292 e. The second-order valence-electron chi connectivity index (χ2n) is 16.2. The molecule has 6 aromatic rings. The number of aryl methyl sites for hydroxylation is 1. The third kappa shape index (κ3) is 8.11. The van der Waals surface area contributed by atoms with Gasteiger partial charge < -0.3 is 9.84 Å². The van der Waals surface area contributed by atoms with Crippen LogP contribution in [-0.2, 0) is 28.1 Å². The fourth-order valence-electron chi connectivity index (χ4n) is 7.79. The Labute approximate surface area is 329 Å². The molecule has 2 N–H and O–H groups in total. The van der Waals surface area contributed by atoms with E-state index < -0.39 is 11.8 Å². The van der Waals surface area contributed by atoms with Crippen LogP contribution >= 0.6 is 0 Å². The molecule has 0 spiro atoms. The zero-order chi connectivity index (χ0) is 39.8. The predicted octanol–water partition coefficient (Wildman–Crippen LogP) is 7.02. The maximum absolute atomic E-state index is 15.3. The van der Waals surface area contributed by atoms with Crippen LogP contribution < -0.4 is 10.6 Å². The molecule has 12 nitrogen and oxygen atoms in total. The van der Waals surface area contributed by atoms with Gasteiger partial charge in [-0.2, -0.15) is 10.1 Å². The second-order valence-corrected chi connectivity index (χ2v) is 16.2. The largest absolute Gasteiger partial charge is 0.345 e. The molecular weight excluding hydrogens is 724 g/mol. The van der Waals surface area contributed by atoms with Gasteiger partial charge in [-0.1, -0.05) is 74.5 Å². The minimum absolute atomic E-state index is 0.0148. The monoisotopic (exact) mass is 768 g/mol. The van der Waals surface area contributed by atoms with Crippen LogP contribution in [-0.4, -0.2) is 60.4 Å². The molecule has 292 valence electrons. The minimum Gasteiger partial charge on any atom is -0.345 e. The number of hydrogen-bond donors (Lipinski definition) is 2. The van der Waals surface area contributed by atoms with Crippen molar-refractivity contribution in [1.82, 2.24) is 40.3 Å². The molecule has 3 amide bonds. The number of benzene rings is 3. The molecule has 0 aliphatic carbocycles. The highest BCUT2D eigenvalue weighted by Crippen LogP contribution is 2.34. The normalized spacial score (nSPS) is 16.9. The lowest BCUT2D eigenvalue weighted by molar-refractivity contribution is -0.134. The Bertz CT molecular complexity index is 2480. The molecule has 0 radical (unpaired) electrons. The van der Waals surface area contributed by atoms with Gasteiger partial charge in [0.2, 0.25) is 17.7 Å². The molecule has 2 aliphatic heterocycles. The maximum atomic E-state index is 15.3. The van der Waals surface area contributed by atoms with Gasteiger partial charge in [0.1, 0.15) is 12.1 Å².